The highest BCUT2D eigenvalue weighted by atomic mass is 79.9. The molecule has 0 saturated heterocycles. The normalized spacial score (nSPS) is 10.2. The van der Waals surface area contributed by atoms with Crippen LogP contribution in [0.5, 0.6) is 5.75 Å². The third-order valence-electron chi connectivity index (χ3n) is 2.86. The van der Waals surface area contributed by atoms with Gasteiger partial charge < -0.3 is 10.1 Å². The molecule has 0 aliphatic rings. The molecule has 2 rings (SSSR count). The van der Waals surface area contributed by atoms with Gasteiger partial charge in [0.15, 0.2) is 11.6 Å². The summed E-state index contributed by atoms with van der Waals surface area (Å²) in [5.41, 5.74) is 1.26. The van der Waals surface area contributed by atoms with Crippen LogP contribution in [0.3, 0.4) is 0 Å². The summed E-state index contributed by atoms with van der Waals surface area (Å²) in [6.07, 6.45) is 0. The van der Waals surface area contributed by atoms with Crippen LogP contribution in [0.4, 0.5) is 15.8 Å². The summed E-state index contributed by atoms with van der Waals surface area (Å²) in [4.78, 5) is 10.4. The van der Waals surface area contributed by atoms with Crippen molar-refractivity contribution in [1.29, 1.82) is 0 Å². The topological polar surface area (TPSA) is 64.4 Å². The number of nitrogens with zero attached hydrogens (tertiary/aromatic N) is 1. The molecular formula is C14H12BrFN2O3. The molecule has 0 spiro atoms. The molecule has 7 heteroatoms. The van der Waals surface area contributed by atoms with E-state index in [9.17, 15) is 14.5 Å². The van der Waals surface area contributed by atoms with Gasteiger partial charge in [-0.1, -0.05) is 6.07 Å². The molecule has 0 heterocycles. The van der Waals surface area contributed by atoms with Crippen molar-refractivity contribution >= 4 is 27.3 Å². The van der Waals surface area contributed by atoms with Crippen molar-refractivity contribution in [3.63, 3.8) is 0 Å². The molecule has 0 atom stereocenters. The molecule has 2 aromatic carbocycles. The van der Waals surface area contributed by atoms with E-state index in [4.69, 9.17) is 4.74 Å². The predicted molar refractivity (Wildman–Crippen MR) is 81.1 cm³/mol. The molecule has 0 saturated carbocycles. The molecule has 0 aromatic heterocycles. The largest absolute Gasteiger partial charge is 0.494 e. The minimum absolute atomic E-state index is 0.0269. The Morgan fingerprint density at radius 2 is 2.10 bits per heavy atom. The summed E-state index contributed by atoms with van der Waals surface area (Å²) >= 11 is 3.12. The number of benzene rings is 2. The molecule has 0 unspecified atom stereocenters. The van der Waals surface area contributed by atoms with Crippen molar-refractivity contribution in [2.24, 2.45) is 0 Å². The van der Waals surface area contributed by atoms with E-state index < -0.39 is 10.7 Å². The van der Waals surface area contributed by atoms with E-state index in [0.717, 1.165) is 0 Å². The van der Waals surface area contributed by atoms with E-state index in [2.05, 4.69) is 21.2 Å². The summed E-state index contributed by atoms with van der Waals surface area (Å²) in [5, 5.41) is 13.9. The maximum Gasteiger partial charge on any atom is 0.285 e. The van der Waals surface area contributed by atoms with Crippen LogP contribution in [0.2, 0.25) is 0 Å². The first-order valence-corrected chi connectivity index (χ1v) is 6.81. The second kappa shape index (κ2) is 6.53. The fourth-order valence-electron chi connectivity index (χ4n) is 1.79. The molecule has 0 amide bonds. The number of nitro groups is 1. The third kappa shape index (κ3) is 3.69. The van der Waals surface area contributed by atoms with Gasteiger partial charge in [-0.2, -0.15) is 0 Å². The molecule has 0 bridgehead atoms. The second-order valence-corrected chi connectivity index (χ2v) is 5.10. The Hall–Kier alpha value is -2.15. The zero-order valence-corrected chi connectivity index (χ0v) is 12.7. The Morgan fingerprint density at radius 3 is 2.71 bits per heavy atom. The summed E-state index contributed by atoms with van der Waals surface area (Å²) in [7, 11) is 1.40. The highest BCUT2D eigenvalue weighted by molar-refractivity contribution is 9.10. The Balaban J connectivity index is 2.11. The summed E-state index contributed by atoms with van der Waals surface area (Å²) in [6.45, 7) is 0.347. The van der Waals surface area contributed by atoms with Crippen LogP contribution in [-0.4, -0.2) is 12.0 Å². The zero-order chi connectivity index (χ0) is 15.4. The molecule has 5 nitrogen and oxygen atoms in total. The number of anilines is 1. The van der Waals surface area contributed by atoms with Crippen LogP contribution in [0, 0.1) is 15.9 Å². The van der Waals surface area contributed by atoms with Crippen molar-refractivity contribution in [2.45, 2.75) is 6.54 Å². The van der Waals surface area contributed by atoms with E-state index in [1.165, 1.54) is 25.3 Å². The van der Waals surface area contributed by atoms with Gasteiger partial charge >= 0.3 is 0 Å². The molecule has 110 valence electrons. The highest BCUT2D eigenvalue weighted by Gasteiger charge is 2.12. The van der Waals surface area contributed by atoms with Crippen LogP contribution < -0.4 is 10.1 Å². The van der Waals surface area contributed by atoms with Crippen molar-refractivity contribution < 1.29 is 14.1 Å². The fraction of sp³-hybridized carbons (Fsp3) is 0.143. The number of hydrogen-bond acceptors (Lipinski definition) is 4. The molecule has 2 aromatic rings. The van der Waals surface area contributed by atoms with Gasteiger partial charge in [0.25, 0.3) is 5.69 Å². The Bertz CT molecular complexity index is 679. The third-order valence-corrected chi connectivity index (χ3v) is 3.53. The van der Waals surface area contributed by atoms with Gasteiger partial charge in [-0.25, -0.2) is 4.39 Å². The van der Waals surface area contributed by atoms with Crippen LogP contribution in [0.15, 0.2) is 40.9 Å². The number of hydrogen-bond donors (Lipinski definition) is 1. The van der Waals surface area contributed by atoms with Crippen LogP contribution in [0.1, 0.15) is 5.56 Å². The SMILES string of the molecule is COc1ccc(CNc2ccc(Br)c([N+](=O)[O-])c2)cc1F. The average molecular weight is 355 g/mol. The summed E-state index contributed by atoms with van der Waals surface area (Å²) in [6, 6.07) is 9.34. The van der Waals surface area contributed by atoms with Crippen LogP contribution >= 0.6 is 15.9 Å². The van der Waals surface area contributed by atoms with Crippen LogP contribution in [0.25, 0.3) is 0 Å². The molecular weight excluding hydrogens is 343 g/mol. The van der Waals surface area contributed by atoms with Gasteiger partial charge in [-0.05, 0) is 45.8 Å². The zero-order valence-electron chi connectivity index (χ0n) is 11.1. The van der Waals surface area contributed by atoms with E-state index in [0.29, 0.717) is 22.3 Å². The molecule has 1 N–H and O–H groups in total. The molecule has 0 fully saturated rings. The highest BCUT2D eigenvalue weighted by Crippen LogP contribution is 2.28. The lowest BCUT2D eigenvalue weighted by atomic mass is 10.2. The van der Waals surface area contributed by atoms with Gasteiger partial charge in [-0.3, -0.25) is 10.1 Å². The molecule has 0 aliphatic heterocycles. The van der Waals surface area contributed by atoms with Gasteiger partial charge in [0.05, 0.1) is 16.5 Å². The minimum atomic E-state index is -0.470. The standard InChI is InChI=1S/C14H12BrFN2O3/c1-21-14-5-2-9(6-12(14)16)8-17-10-3-4-11(15)13(7-10)18(19)20/h2-7,17H,8H2,1H3. The quantitative estimate of drug-likeness (QED) is 0.647. The van der Waals surface area contributed by atoms with Crippen molar-refractivity contribution in [3.8, 4) is 5.75 Å². The maximum absolute atomic E-state index is 13.6. The van der Waals surface area contributed by atoms with Gasteiger partial charge in [0.1, 0.15) is 0 Å². The van der Waals surface area contributed by atoms with Crippen molar-refractivity contribution in [1.82, 2.24) is 0 Å². The van der Waals surface area contributed by atoms with Gasteiger partial charge in [-0.15, -0.1) is 0 Å². The first kappa shape index (κ1) is 15.2. The first-order valence-electron chi connectivity index (χ1n) is 6.01. The minimum Gasteiger partial charge on any atom is -0.494 e. The van der Waals surface area contributed by atoms with Gasteiger partial charge in [0.2, 0.25) is 0 Å². The predicted octanol–water partition coefficient (Wildman–Crippen LogP) is 4.12. The maximum atomic E-state index is 13.6. The monoisotopic (exact) mass is 354 g/mol. The number of halogens is 2. The van der Waals surface area contributed by atoms with Gasteiger partial charge in [0, 0.05) is 18.3 Å². The fourth-order valence-corrected chi connectivity index (χ4v) is 2.18. The number of methoxy groups -OCH3 is 1. The van der Waals surface area contributed by atoms with Crippen molar-refractivity contribution in [2.75, 3.05) is 12.4 Å². The molecule has 0 aliphatic carbocycles. The van der Waals surface area contributed by atoms with E-state index in [1.54, 1.807) is 18.2 Å². The Morgan fingerprint density at radius 1 is 1.33 bits per heavy atom. The number of nitro benzene ring substituents is 1. The van der Waals surface area contributed by atoms with E-state index in [-0.39, 0.29) is 11.4 Å². The average Bonchev–Trinajstić information content (AvgIpc) is 2.46. The summed E-state index contributed by atoms with van der Waals surface area (Å²) < 4.78 is 18.8. The molecule has 0 radical (unpaired) electrons. The van der Waals surface area contributed by atoms with Crippen LogP contribution in [-0.2, 0) is 6.54 Å². The Kier molecular flexibility index (Phi) is 4.74. The number of ether oxygens (including phenoxy) is 1. The molecule has 21 heavy (non-hydrogen) atoms. The second-order valence-electron chi connectivity index (χ2n) is 4.25. The lowest BCUT2D eigenvalue weighted by Gasteiger charge is -2.08. The smallest absolute Gasteiger partial charge is 0.285 e. The first-order chi connectivity index (χ1) is 10.0. The summed E-state index contributed by atoms with van der Waals surface area (Å²) in [5.74, 6) is -0.267. The van der Waals surface area contributed by atoms with E-state index in [1.807, 2.05) is 0 Å². The van der Waals surface area contributed by atoms with E-state index >= 15 is 0 Å². The Labute approximate surface area is 129 Å². The number of rotatable bonds is 5. The lowest BCUT2D eigenvalue weighted by molar-refractivity contribution is -0.385. The van der Waals surface area contributed by atoms with Crippen molar-refractivity contribution in [3.05, 3.63) is 62.4 Å². The lowest BCUT2D eigenvalue weighted by Crippen LogP contribution is -2.01. The number of nitrogens with one attached hydrogen (secondary N) is 1.